The minimum atomic E-state index is -1.47. The van der Waals surface area contributed by atoms with Crippen LogP contribution in [-0.2, 0) is 19.9 Å². The lowest BCUT2D eigenvalue weighted by atomic mass is 9.73. The Kier molecular flexibility index (Phi) is 6.23. The summed E-state index contributed by atoms with van der Waals surface area (Å²) in [7, 11) is 0. The number of rotatable bonds is 3. The molecule has 7 nitrogen and oxygen atoms in total. The maximum absolute atomic E-state index is 14.1. The summed E-state index contributed by atoms with van der Waals surface area (Å²) < 4.78 is 33.8. The molecule has 1 heterocycles. The quantitative estimate of drug-likeness (QED) is 0.748. The van der Waals surface area contributed by atoms with Gasteiger partial charge in [0, 0.05) is 6.07 Å². The van der Waals surface area contributed by atoms with Crippen LogP contribution in [-0.4, -0.2) is 57.1 Å². The van der Waals surface area contributed by atoms with E-state index in [1.165, 1.54) is 11.8 Å². The maximum atomic E-state index is 14.1. The largest absolute Gasteiger partial charge is 0.480 e. The van der Waals surface area contributed by atoms with Gasteiger partial charge in [0.2, 0.25) is 5.91 Å². The molecule has 1 aromatic rings. The molecule has 0 unspecified atom stereocenters. The van der Waals surface area contributed by atoms with Gasteiger partial charge in [-0.15, -0.1) is 0 Å². The van der Waals surface area contributed by atoms with E-state index in [1.54, 1.807) is 20.8 Å². The number of hydrogen-bond donors (Lipinski definition) is 1. The fourth-order valence-corrected chi connectivity index (χ4v) is 4.81. The summed E-state index contributed by atoms with van der Waals surface area (Å²) in [6.45, 7) is 5.85. The maximum Gasteiger partial charge on any atom is 0.411 e. The van der Waals surface area contributed by atoms with Crippen molar-refractivity contribution >= 4 is 18.0 Å². The number of carboxylic acid groups (broad SMARTS) is 1. The smallest absolute Gasteiger partial charge is 0.411 e. The van der Waals surface area contributed by atoms with Crippen LogP contribution in [0.25, 0.3) is 0 Å². The minimum absolute atomic E-state index is 0.0730. The standard InChI is InChI=1S/C23H30F2N2O5/c1-21(2,3)32-20(31)27-14-22(4,15-10-16(24)12-17(25)11-15)26(13-18(28)29)19(30)23(27)8-6-5-7-9-23/h10-12H,5-9,13-14H2,1-4H3,(H,28,29)/t22-/m0/s1. The van der Waals surface area contributed by atoms with Gasteiger partial charge in [0.15, 0.2) is 0 Å². The van der Waals surface area contributed by atoms with E-state index in [0.29, 0.717) is 31.7 Å². The van der Waals surface area contributed by atoms with Crippen molar-refractivity contribution in [3.05, 3.63) is 35.4 Å². The number of aliphatic carboxylic acids is 1. The molecule has 0 radical (unpaired) electrons. The van der Waals surface area contributed by atoms with Crippen molar-refractivity contribution in [2.75, 3.05) is 13.1 Å². The van der Waals surface area contributed by atoms with Gasteiger partial charge < -0.3 is 14.7 Å². The van der Waals surface area contributed by atoms with Crippen molar-refractivity contribution in [3.8, 4) is 0 Å². The molecule has 9 heteroatoms. The monoisotopic (exact) mass is 452 g/mol. The molecule has 176 valence electrons. The third-order valence-electron chi connectivity index (χ3n) is 6.29. The van der Waals surface area contributed by atoms with Crippen LogP contribution in [0.1, 0.15) is 65.4 Å². The molecule has 2 aliphatic rings. The summed E-state index contributed by atoms with van der Waals surface area (Å²) in [6.07, 6.45) is 2.31. The van der Waals surface area contributed by atoms with Crippen LogP contribution >= 0.6 is 0 Å². The van der Waals surface area contributed by atoms with Crippen LogP contribution in [0, 0.1) is 11.6 Å². The zero-order valence-corrected chi connectivity index (χ0v) is 18.9. The molecule has 1 atom stereocenters. The Balaban J connectivity index is 2.17. The Morgan fingerprint density at radius 1 is 1.09 bits per heavy atom. The fourth-order valence-electron chi connectivity index (χ4n) is 4.81. The average Bonchev–Trinajstić information content (AvgIpc) is 2.67. The van der Waals surface area contributed by atoms with Gasteiger partial charge in [-0.1, -0.05) is 19.3 Å². The molecule has 1 saturated carbocycles. The van der Waals surface area contributed by atoms with Crippen molar-refractivity contribution < 1.29 is 33.0 Å². The lowest BCUT2D eigenvalue weighted by Crippen LogP contribution is -2.74. The summed E-state index contributed by atoms with van der Waals surface area (Å²) in [4.78, 5) is 41.4. The first-order chi connectivity index (χ1) is 14.8. The van der Waals surface area contributed by atoms with Gasteiger partial charge in [-0.25, -0.2) is 13.6 Å². The molecule has 32 heavy (non-hydrogen) atoms. The van der Waals surface area contributed by atoms with Crippen molar-refractivity contribution in [1.29, 1.82) is 0 Å². The van der Waals surface area contributed by atoms with Gasteiger partial charge in [0.25, 0.3) is 0 Å². The highest BCUT2D eigenvalue weighted by Gasteiger charge is 2.59. The molecule has 1 spiro atoms. The number of piperazine rings is 1. The third kappa shape index (κ3) is 4.42. The molecule has 1 aliphatic heterocycles. The molecular formula is C23H30F2N2O5. The van der Waals surface area contributed by atoms with Crippen LogP contribution in [0.15, 0.2) is 18.2 Å². The third-order valence-corrected chi connectivity index (χ3v) is 6.29. The lowest BCUT2D eigenvalue weighted by molar-refractivity contribution is -0.172. The van der Waals surface area contributed by atoms with Gasteiger partial charge in [-0.2, -0.15) is 0 Å². The normalized spacial score (nSPS) is 23.4. The number of hydrogen-bond acceptors (Lipinski definition) is 4. The summed E-state index contributed by atoms with van der Waals surface area (Å²) in [5, 5.41) is 9.54. The number of ether oxygens (including phenoxy) is 1. The molecule has 0 aromatic heterocycles. The van der Waals surface area contributed by atoms with E-state index in [0.717, 1.165) is 23.5 Å². The number of carbonyl (C=O) groups is 3. The zero-order valence-electron chi connectivity index (χ0n) is 18.9. The highest BCUT2D eigenvalue weighted by Crippen LogP contribution is 2.45. The molecule has 3 rings (SSSR count). The summed E-state index contributed by atoms with van der Waals surface area (Å²) >= 11 is 0. The Hall–Kier alpha value is -2.71. The number of benzene rings is 1. The molecule has 2 fully saturated rings. The average molecular weight is 452 g/mol. The summed E-state index contributed by atoms with van der Waals surface area (Å²) in [6, 6.07) is 2.84. The Bertz CT molecular complexity index is 903. The van der Waals surface area contributed by atoms with Crippen molar-refractivity contribution in [1.82, 2.24) is 9.80 Å². The van der Waals surface area contributed by atoms with Gasteiger partial charge in [0.1, 0.15) is 29.3 Å². The van der Waals surface area contributed by atoms with Crippen LogP contribution < -0.4 is 0 Å². The molecule has 1 aliphatic carbocycles. The SMILES string of the molecule is CC(C)(C)OC(=O)N1C[C@@](C)(c2cc(F)cc(F)c2)N(CC(=O)O)C(=O)C12CCCCC2. The van der Waals surface area contributed by atoms with Gasteiger partial charge in [0.05, 0.1) is 12.1 Å². The molecule has 1 aromatic carbocycles. The lowest BCUT2D eigenvalue weighted by Gasteiger charge is -2.57. The van der Waals surface area contributed by atoms with Crippen molar-refractivity contribution in [3.63, 3.8) is 0 Å². The number of nitrogens with zero attached hydrogens (tertiary/aromatic N) is 2. The van der Waals surface area contributed by atoms with Crippen LogP contribution in [0.3, 0.4) is 0 Å². The zero-order chi connectivity index (χ0) is 23.9. The second kappa shape index (κ2) is 8.33. The van der Waals surface area contributed by atoms with Crippen LogP contribution in [0.4, 0.5) is 13.6 Å². The first kappa shape index (κ1) is 23.9. The number of carboxylic acids is 1. The van der Waals surface area contributed by atoms with E-state index in [1.807, 2.05) is 0 Å². The van der Waals surface area contributed by atoms with E-state index in [-0.39, 0.29) is 12.1 Å². The van der Waals surface area contributed by atoms with Gasteiger partial charge in [-0.3, -0.25) is 14.5 Å². The molecule has 0 bridgehead atoms. The molecule has 1 N–H and O–H groups in total. The summed E-state index contributed by atoms with van der Waals surface area (Å²) in [5.74, 6) is -3.50. The van der Waals surface area contributed by atoms with Crippen LogP contribution in [0.2, 0.25) is 0 Å². The van der Waals surface area contributed by atoms with E-state index in [4.69, 9.17) is 4.74 Å². The Morgan fingerprint density at radius 3 is 2.16 bits per heavy atom. The predicted octanol–water partition coefficient (Wildman–Crippen LogP) is 4.05. The number of amides is 2. The highest BCUT2D eigenvalue weighted by molar-refractivity contribution is 5.94. The predicted molar refractivity (Wildman–Crippen MR) is 112 cm³/mol. The Morgan fingerprint density at radius 2 is 1.66 bits per heavy atom. The number of carbonyl (C=O) groups excluding carboxylic acids is 2. The van der Waals surface area contributed by atoms with Gasteiger partial charge >= 0.3 is 12.1 Å². The van der Waals surface area contributed by atoms with E-state index < -0.39 is 52.8 Å². The minimum Gasteiger partial charge on any atom is -0.480 e. The first-order valence-corrected chi connectivity index (χ1v) is 10.8. The molecule has 1 saturated heterocycles. The van der Waals surface area contributed by atoms with Crippen molar-refractivity contribution in [2.24, 2.45) is 0 Å². The highest BCUT2D eigenvalue weighted by atomic mass is 19.1. The number of halogens is 2. The Labute approximate surface area is 186 Å². The van der Waals surface area contributed by atoms with E-state index >= 15 is 0 Å². The molecule has 2 amide bonds. The second-order valence-electron chi connectivity index (χ2n) is 9.88. The van der Waals surface area contributed by atoms with E-state index in [2.05, 4.69) is 0 Å². The summed E-state index contributed by atoms with van der Waals surface area (Å²) in [5.41, 5.74) is -3.47. The van der Waals surface area contributed by atoms with Crippen LogP contribution in [0.5, 0.6) is 0 Å². The molecular weight excluding hydrogens is 422 g/mol. The fraction of sp³-hybridized carbons (Fsp3) is 0.609. The topological polar surface area (TPSA) is 87.2 Å². The second-order valence-corrected chi connectivity index (χ2v) is 9.88. The van der Waals surface area contributed by atoms with E-state index in [9.17, 15) is 28.3 Å². The first-order valence-electron chi connectivity index (χ1n) is 10.8. The van der Waals surface area contributed by atoms with Gasteiger partial charge in [-0.05, 0) is 58.2 Å². The van der Waals surface area contributed by atoms with Crippen molar-refractivity contribution in [2.45, 2.75) is 76.5 Å².